The summed E-state index contributed by atoms with van der Waals surface area (Å²) in [5.41, 5.74) is 0.370. The molecule has 0 saturated heterocycles. The van der Waals surface area contributed by atoms with Gasteiger partial charge in [0.25, 0.3) is 5.82 Å². The van der Waals surface area contributed by atoms with Gasteiger partial charge in [0.2, 0.25) is 0 Å². The Morgan fingerprint density at radius 3 is 1.67 bits per heavy atom. The maximum atomic E-state index is 14.1. The fourth-order valence-corrected chi connectivity index (χ4v) is 4.85. The second kappa shape index (κ2) is 14.7. The summed E-state index contributed by atoms with van der Waals surface area (Å²) in [5.74, 6) is -36.0. The summed E-state index contributed by atoms with van der Waals surface area (Å²) in [5, 5.41) is 0.319. The molecule has 0 aliphatic carbocycles. The number of nitrogens with zero attached hydrogens (tertiary/aromatic N) is 2. The Kier molecular flexibility index (Phi) is 12.7. The second-order valence-electron chi connectivity index (χ2n) is 10.8. The summed E-state index contributed by atoms with van der Waals surface area (Å²) in [6.45, 7) is 2.81. The average Bonchev–Trinajstić information content (AvgIpc) is 3.26. The number of aryl methyl sites for hydroxylation is 1. The molecule has 0 atom stereocenters. The monoisotopic (exact) mass is 697 g/mol. The van der Waals surface area contributed by atoms with E-state index in [1.807, 2.05) is 28.5 Å². The number of rotatable bonds is 18. The Balaban J connectivity index is 1.70. The van der Waals surface area contributed by atoms with Crippen LogP contribution in [0, 0.1) is 12.7 Å². The smallest absolute Gasteiger partial charge is 0.234 e. The molecule has 0 N–H and O–H groups in total. The number of benzene rings is 1. The summed E-state index contributed by atoms with van der Waals surface area (Å²) in [4.78, 5) is 0. The molecule has 0 spiro atoms. The lowest BCUT2D eigenvalue weighted by Gasteiger charge is -2.39. The first-order chi connectivity index (χ1) is 20.5. The van der Waals surface area contributed by atoms with Gasteiger partial charge in [0.1, 0.15) is 24.8 Å². The highest BCUT2D eigenvalue weighted by Crippen LogP contribution is 2.60. The largest absolute Gasteiger partial charge is 0.460 e. The van der Waals surface area contributed by atoms with Crippen LogP contribution in [0.1, 0.15) is 75.6 Å². The van der Waals surface area contributed by atoms with Gasteiger partial charge < -0.3 is 0 Å². The first-order valence-electron chi connectivity index (χ1n) is 14.0. The Morgan fingerprint density at radius 2 is 1.16 bits per heavy atom. The molecule has 0 aliphatic heterocycles. The van der Waals surface area contributed by atoms with Crippen LogP contribution in [0.3, 0.4) is 0 Å². The molecule has 0 unspecified atom stereocenters. The highest BCUT2D eigenvalue weighted by Gasteiger charge is 2.90. The van der Waals surface area contributed by atoms with Crippen molar-refractivity contribution in [3.8, 4) is 0 Å². The van der Waals surface area contributed by atoms with E-state index in [0.29, 0.717) is 30.0 Å². The molecule has 0 fully saturated rings. The zero-order valence-electron chi connectivity index (χ0n) is 23.9. The van der Waals surface area contributed by atoms with Gasteiger partial charge in [-0.25, -0.2) is 13.5 Å². The van der Waals surface area contributed by atoms with Crippen LogP contribution in [0.2, 0.25) is 5.02 Å². The summed E-state index contributed by atoms with van der Waals surface area (Å²) < 4.78 is 189. The van der Waals surface area contributed by atoms with Crippen LogP contribution in [0.4, 0.5) is 61.5 Å². The molecular formula is C28H32ClF14N2+. The second-order valence-corrected chi connectivity index (χ2v) is 11.2. The van der Waals surface area contributed by atoms with E-state index < -0.39 is 54.4 Å². The molecule has 0 amide bonds. The van der Waals surface area contributed by atoms with E-state index in [4.69, 9.17) is 11.6 Å². The van der Waals surface area contributed by atoms with E-state index >= 15 is 0 Å². The highest BCUT2D eigenvalue weighted by molar-refractivity contribution is 6.31. The molecule has 0 aliphatic rings. The summed E-state index contributed by atoms with van der Waals surface area (Å²) >= 11 is 6.09. The molecule has 0 bridgehead atoms. The minimum absolute atomic E-state index is 0.176. The highest BCUT2D eigenvalue weighted by atomic mass is 35.5. The maximum Gasteiger partial charge on any atom is 0.460 e. The van der Waals surface area contributed by atoms with E-state index in [9.17, 15) is 61.5 Å². The molecule has 2 rings (SSSR count). The van der Waals surface area contributed by atoms with Gasteiger partial charge in [-0.1, -0.05) is 56.2 Å². The number of hydrogen-bond donors (Lipinski definition) is 0. The fraction of sp³-hybridized carbons (Fsp3) is 0.679. The Morgan fingerprint density at radius 1 is 0.667 bits per heavy atom. The Bertz CT molecular complexity index is 1220. The fourth-order valence-electron chi connectivity index (χ4n) is 4.62. The van der Waals surface area contributed by atoms with Gasteiger partial charge in [-0.2, -0.15) is 57.1 Å². The van der Waals surface area contributed by atoms with Crippen LogP contribution in [0.25, 0.3) is 0 Å². The number of halogens is 15. The molecule has 45 heavy (non-hydrogen) atoms. The lowest BCUT2D eigenvalue weighted by Crippen LogP contribution is -2.70. The third kappa shape index (κ3) is 8.37. The van der Waals surface area contributed by atoms with Gasteiger partial charge in [0.05, 0.1) is 11.6 Å². The molecule has 17 heteroatoms. The van der Waals surface area contributed by atoms with Crippen molar-refractivity contribution in [1.82, 2.24) is 4.57 Å². The van der Waals surface area contributed by atoms with Crippen molar-refractivity contribution in [2.45, 2.75) is 120 Å². The van der Waals surface area contributed by atoms with Crippen molar-refractivity contribution in [2.75, 3.05) is 0 Å². The van der Waals surface area contributed by atoms with E-state index in [1.165, 1.54) is 12.1 Å². The minimum atomic E-state index is -7.86. The molecule has 1 aromatic carbocycles. The molecule has 1 aromatic heterocycles. The number of unbranched alkanes of at least 4 members (excludes halogenated alkanes) is 8. The van der Waals surface area contributed by atoms with Crippen LogP contribution in [0.5, 0.6) is 0 Å². The zero-order valence-corrected chi connectivity index (χ0v) is 24.7. The van der Waals surface area contributed by atoms with Crippen LogP contribution in [-0.4, -0.2) is 40.4 Å². The summed E-state index contributed by atoms with van der Waals surface area (Å²) in [7, 11) is 0. The van der Waals surface area contributed by atoms with Gasteiger partial charge in [-0.05, 0) is 31.4 Å². The summed E-state index contributed by atoms with van der Waals surface area (Å²) in [6, 6.07) is 4.44. The quantitative estimate of drug-likeness (QED) is 0.0833. The van der Waals surface area contributed by atoms with E-state index in [1.54, 1.807) is 6.07 Å². The number of aromatic nitrogens is 2. The Hall–Kier alpha value is -2.26. The lowest BCUT2D eigenvalue weighted by atomic mass is 9.91. The van der Waals surface area contributed by atoms with Crippen molar-refractivity contribution >= 4 is 11.6 Å². The number of hydrogen-bond acceptors (Lipinski definition) is 0. The third-order valence-electron chi connectivity index (χ3n) is 7.54. The van der Waals surface area contributed by atoms with Gasteiger partial charge in [-0.15, -0.1) is 0 Å². The SMILES string of the molecule is Cc1n(CCCCCCCCCCCC(F)(F)C(F)(F)C(F)(F)C(F)(F)C(F)(F)C(F)(F)F)cc[n+]1Cc1c(F)cccc1Cl. The molecule has 0 saturated carbocycles. The van der Waals surface area contributed by atoms with Crippen molar-refractivity contribution in [3.63, 3.8) is 0 Å². The normalized spacial score (nSPS) is 14.0. The standard InChI is InChI=1S/C28H32ClF14N2/c1-19-44(16-17-45(19)18-20-21(29)12-11-13-22(20)30)15-10-8-6-4-2-3-5-7-9-14-23(31,32)24(33,34)25(35,36)26(37,38)27(39,40)28(41,42)43/h11-13,16-17H,2-10,14-15,18H2,1H3/q+1. The van der Waals surface area contributed by atoms with E-state index in [0.717, 1.165) is 31.5 Å². The van der Waals surface area contributed by atoms with Gasteiger partial charge >= 0.3 is 35.8 Å². The molecule has 1 heterocycles. The molecule has 0 radical (unpaired) electrons. The van der Waals surface area contributed by atoms with Crippen LogP contribution in [-0.2, 0) is 13.1 Å². The van der Waals surface area contributed by atoms with E-state index in [2.05, 4.69) is 0 Å². The minimum Gasteiger partial charge on any atom is -0.234 e. The third-order valence-corrected chi connectivity index (χ3v) is 7.89. The number of imidazole rings is 1. The molecule has 2 nitrogen and oxygen atoms in total. The topological polar surface area (TPSA) is 8.81 Å². The van der Waals surface area contributed by atoms with Crippen LogP contribution in [0.15, 0.2) is 30.6 Å². The molecular weight excluding hydrogens is 666 g/mol. The van der Waals surface area contributed by atoms with Crippen LogP contribution >= 0.6 is 11.6 Å². The average molecular weight is 698 g/mol. The van der Waals surface area contributed by atoms with Gasteiger partial charge in [0.15, 0.2) is 0 Å². The lowest BCUT2D eigenvalue weighted by molar-refractivity contribution is -0.694. The molecule has 2 aromatic rings. The first-order valence-corrected chi connectivity index (χ1v) is 14.3. The van der Waals surface area contributed by atoms with Gasteiger partial charge in [-0.3, -0.25) is 0 Å². The van der Waals surface area contributed by atoms with Crippen LogP contribution < -0.4 is 4.57 Å². The van der Waals surface area contributed by atoms with Crippen molar-refractivity contribution in [2.24, 2.45) is 0 Å². The predicted molar refractivity (Wildman–Crippen MR) is 137 cm³/mol. The van der Waals surface area contributed by atoms with E-state index in [-0.39, 0.29) is 19.4 Å². The summed E-state index contributed by atoms with van der Waals surface area (Å²) in [6.07, 6.45) is -2.63. The number of alkyl halides is 13. The molecule has 258 valence electrons. The van der Waals surface area contributed by atoms with Crippen molar-refractivity contribution < 1.29 is 66.0 Å². The van der Waals surface area contributed by atoms with Crippen molar-refractivity contribution in [1.29, 1.82) is 0 Å². The zero-order chi connectivity index (χ0) is 34.5. The first kappa shape index (κ1) is 38.9. The predicted octanol–water partition coefficient (Wildman–Crippen LogP) is 10.6. The van der Waals surface area contributed by atoms with Gasteiger partial charge in [0, 0.05) is 18.9 Å². The van der Waals surface area contributed by atoms with Crippen molar-refractivity contribution in [3.05, 3.63) is 52.8 Å². The maximum absolute atomic E-state index is 14.1. The Labute approximate surface area is 255 Å².